The van der Waals surface area contributed by atoms with E-state index < -0.39 is 0 Å². The molecule has 1 aromatic heterocycles. The zero-order valence-electron chi connectivity index (χ0n) is 18.6. The molecule has 4 aromatic rings. The summed E-state index contributed by atoms with van der Waals surface area (Å²) in [5, 5.41) is 10.6. The maximum Gasteiger partial charge on any atom is 0.260 e. The Bertz CT molecular complexity index is 1420. The summed E-state index contributed by atoms with van der Waals surface area (Å²) in [4.78, 5) is 27.5. The topological polar surface area (TPSA) is 89.2 Å². The van der Waals surface area contributed by atoms with Crippen molar-refractivity contribution in [3.8, 4) is 28.4 Å². The fourth-order valence-corrected chi connectivity index (χ4v) is 4.21. The number of hydrogen-bond acceptors (Lipinski definition) is 6. The molecule has 0 bridgehead atoms. The number of nitrogens with zero attached hydrogens (tertiary/aromatic N) is 1. The van der Waals surface area contributed by atoms with Crippen LogP contribution in [-0.4, -0.2) is 36.2 Å². The molecule has 3 aromatic carbocycles. The molecule has 1 aliphatic rings. The van der Waals surface area contributed by atoms with Gasteiger partial charge in [-0.3, -0.25) is 9.59 Å². The summed E-state index contributed by atoms with van der Waals surface area (Å²) in [6, 6.07) is 17.9. The molecular weight excluding hydrogens is 434 g/mol. The zero-order valence-corrected chi connectivity index (χ0v) is 18.6. The number of amides is 1. The molecular formula is C27H23NO6. The first-order valence-electron chi connectivity index (χ1n) is 10.9. The molecule has 2 heterocycles. The van der Waals surface area contributed by atoms with Gasteiger partial charge in [0.15, 0.2) is 6.61 Å². The Morgan fingerprint density at radius 3 is 2.59 bits per heavy atom. The maximum absolute atomic E-state index is 13.0. The van der Waals surface area contributed by atoms with Crippen LogP contribution in [0.25, 0.3) is 22.1 Å². The summed E-state index contributed by atoms with van der Waals surface area (Å²) < 4.78 is 16.5. The van der Waals surface area contributed by atoms with Gasteiger partial charge < -0.3 is 23.9 Å². The fraction of sp³-hybridized carbons (Fsp3) is 0.185. The van der Waals surface area contributed by atoms with Crippen LogP contribution in [0.5, 0.6) is 17.2 Å². The average molecular weight is 457 g/mol. The van der Waals surface area contributed by atoms with Gasteiger partial charge in [0.25, 0.3) is 5.91 Å². The molecule has 0 radical (unpaired) electrons. The van der Waals surface area contributed by atoms with Gasteiger partial charge in [0, 0.05) is 25.2 Å². The maximum atomic E-state index is 13.0. The number of ether oxygens (including phenoxy) is 2. The number of methoxy groups -OCH3 is 1. The van der Waals surface area contributed by atoms with Gasteiger partial charge >= 0.3 is 0 Å². The third kappa shape index (κ3) is 4.08. The van der Waals surface area contributed by atoms with Crippen molar-refractivity contribution < 1.29 is 23.8 Å². The van der Waals surface area contributed by atoms with E-state index >= 15 is 0 Å². The summed E-state index contributed by atoms with van der Waals surface area (Å²) in [7, 11) is 1.57. The molecule has 172 valence electrons. The van der Waals surface area contributed by atoms with Gasteiger partial charge in [0.2, 0.25) is 5.43 Å². The SMILES string of the molecule is COc1ccc(-c2coc3cc(OCC(=O)N4CCc5ccccc5C4)cc(O)c3c2=O)cc1. The number of carbonyl (C=O) groups excluding carboxylic acids is 1. The summed E-state index contributed by atoms with van der Waals surface area (Å²) >= 11 is 0. The van der Waals surface area contributed by atoms with E-state index in [0.717, 1.165) is 12.0 Å². The average Bonchev–Trinajstić information content (AvgIpc) is 2.87. The van der Waals surface area contributed by atoms with Crippen LogP contribution in [0.4, 0.5) is 0 Å². The van der Waals surface area contributed by atoms with E-state index in [0.29, 0.717) is 30.0 Å². The predicted molar refractivity (Wildman–Crippen MR) is 127 cm³/mol. The summed E-state index contributed by atoms with van der Waals surface area (Å²) in [6.45, 7) is 0.997. The van der Waals surface area contributed by atoms with Gasteiger partial charge in [-0.05, 0) is 35.2 Å². The molecule has 7 heteroatoms. The van der Waals surface area contributed by atoms with Crippen LogP contribution in [0.15, 0.2) is 76.1 Å². The van der Waals surface area contributed by atoms with Gasteiger partial charge in [-0.1, -0.05) is 36.4 Å². The van der Waals surface area contributed by atoms with E-state index in [1.165, 1.54) is 24.0 Å². The quantitative estimate of drug-likeness (QED) is 0.485. The highest BCUT2D eigenvalue weighted by Gasteiger charge is 2.21. The van der Waals surface area contributed by atoms with Crippen LogP contribution in [-0.2, 0) is 17.8 Å². The molecule has 34 heavy (non-hydrogen) atoms. The van der Waals surface area contributed by atoms with Gasteiger partial charge in [0.1, 0.15) is 34.5 Å². The van der Waals surface area contributed by atoms with Crippen molar-refractivity contribution in [2.75, 3.05) is 20.3 Å². The van der Waals surface area contributed by atoms with Gasteiger partial charge in [-0.15, -0.1) is 0 Å². The van der Waals surface area contributed by atoms with Crippen molar-refractivity contribution in [1.29, 1.82) is 0 Å². The first-order chi connectivity index (χ1) is 16.5. The van der Waals surface area contributed by atoms with Crippen LogP contribution in [0, 0.1) is 0 Å². The summed E-state index contributed by atoms with van der Waals surface area (Å²) in [6.07, 6.45) is 2.16. The fourth-order valence-electron chi connectivity index (χ4n) is 4.21. The van der Waals surface area contributed by atoms with Gasteiger partial charge in [0.05, 0.1) is 12.7 Å². The minimum Gasteiger partial charge on any atom is -0.507 e. The summed E-state index contributed by atoms with van der Waals surface area (Å²) in [5.41, 5.74) is 3.18. The number of aromatic hydroxyl groups is 1. The van der Waals surface area contributed by atoms with Crippen molar-refractivity contribution in [3.63, 3.8) is 0 Å². The molecule has 0 unspecified atom stereocenters. The normalized spacial score (nSPS) is 12.9. The van der Waals surface area contributed by atoms with Crippen molar-refractivity contribution in [3.05, 3.63) is 88.3 Å². The number of fused-ring (bicyclic) bond motifs is 2. The Labute approximate surface area is 195 Å². The van der Waals surface area contributed by atoms with Crippen LogP contribution in [0.2, 0.25) is 0 Å². The third-order valence-electron chi connectivity index (χ3n) is 6.08. The number of phenolic OH excluding ortho intramolecular Hbond substituents is 1. The molecule has 1 aliphatic heterocycles. The lowest BCUT2D eigenvalue weighted by Gasteiger charge is -2.28. The highest BCUT2D eigenvalue weighted by Crippen LogP contribution is 2.31. The number of phenols is 1. The van der Waals surface area contributed by atoms with E-state index in [1.54, 1.807) is 36.3 Å². The summed E-state index contributed by atoms with van der Waals surface area (Å²) in [5.74, 6) is 0.499. The standard InChI is InChI=1S/C27H23NO6/c1-32-20-8-6-18(7-9-20)22-15-34-24-13-21(12-23(29)26(24)27(22)31)33-16-25(30)28-11-10-17-4-2-3-5-19(17)14-28/h2-9,12-13,15,29H,10-11,14,16H2,1H3. The third-order valence-corrected chi connectivity index (χ3v) is 6.08. The van der Waals surface area contributed by atoms with Crippen LogP contribution in [0.1, 0.15) is 11.1 Å². The lowest BCUT2D eigenvalue weighted by molar-refractivity contribution is -0.134. The van der Waals surface area contributed by atoms with Gasteiger partial charge in [-0.25, -0.2) is 0 Å². The second-order valence-corrected chi connectivity index (χ2v) is 8.15. The van der Waals surface area contributed by atoms with Crippen LogP contribution >= 0.6 is 0 Å². The smallest absolute Gasteiger partial charge is 0.260 e. The highest BCUT2D eigenvalue weighted by atomic mass is 16.5. The van der Waals surface area contributed by atoms with Crippen LogP contribution in [0.3, 0.4) is 0 Å². The molecule has 7 nitrogen and oxygen atoms in total. The lowest BCUT2D eigenvalue weighted by Crippen LogP contribution is -2.38. The van der Waals surface area contributed by atoms with E-state index in [4.69, 9.17) is 13.9 Å². The largest absolute Gasteiger partial charge is 0.507 e. The molecule has 5 rings (SSSR count). The van der Waals surface area contributed by atoms with E-state index in [-0.39, 0.29) is 40.4 Å². The molecule has 1 amide bonds. The highest BCUT2D eigenvalue weighted by molar-refractivity contribution is 5.88. The van der Waals surface area contributed by atoms with Gasteiger partial charge in [-0.2, -0.15) is 0 Å². The zero-order chi connectivity index (χ0) is 23.7. The van der Waals surface area contributed by atoms with E-state index in [2.05, 4.69) is 6.07 Å². The first-order valence-corrected chi connectivity index (χ1v) is 10.9. The number of carbonyl (C=O) groups is 1. The Morgan fingerprint density at radius 1 is 1.06 bits per heavy atom. The second kappa shape index (κ2) is 8.94. The first kappa shape index (κ1) is 21.6. The van der Waals surface area contributed by atoms with Crippen molar-refractivity contribution in [2.24, 2.45) is 0 Å². The number of hydrogen-bond donors (Lipinski definition) is 1. The van der Waals surface area contributed by atoms with E-state index in [1.807, 2.05) is 18.2 Å². The van der Waals surface area contributed by atoms with Crippen LogP contribution < -0.4 is 14.9 Å². The Hall–Kier alpha value is -4.26. The second-order valence-electron chi connectivity index (χ2n) is 8.15. The Morgan fingerprint density at radius 2 is 1.82 bits per heavy atom. The minimum absolute atomic E-state index is 0.0552. The lowest BCUT2D eigenvalue weighted by atomic mass is 10.00. The minimum atomic E-state index is -0.362. The number of benzene rings is 3. The van der Waals surface area contributed by atoms with Crippen molar-refractivity contribution in [2.45, 2.75) is 13.0 Å². The molecule has 0 fully saturated rings. The molecule has 0 atom stereocenters. The monoisotopic (exact) mass is 457 g/mol. The molecule has 0 aliphatic carbocycles. The van der Waals surface area contributed by atoms with Crippen molar-refractivity contribution in [1.82, 2.24) is 4.90 Å². The van der Waals surface area contributed by atoms with E-state index in [9.17, 15) is 14.7 Å². The molecule has 0 saturated carbocycles. The Kier molecular flexibility index (Phi) is 5.67. The molecule has 0 spiro atoms. The molecule has 1 N–H and O–H groups in total. The number of rotatable bonds is 5. The molecule has 0 saturated heterocycles. The predicted octanol–water partition coefficient (Wildman–Crippen LogP) is 4.14. The van der Waals surface area contributed by atoms with Crippen molar-refractivity contribution >= 4 is 16.9 Å². The Balaban J connectivity index is 1.34.